The van der Waals surface area contributed by atoms with Crippen LogP contribution in [-0.2, 0) is 4.74 Å². The molecule has 3 heterocycles. The molecule has 3 aromatic rings. The number of ether oxygens (including phenoxy) is 2. The van der Waals surface area contributed by atoms with E-state index in [0.717, 1.165) is 30.4 Å². The molecular weight excluding hydrogens is 344 g/mol. The van der Waals surface area contributed by atoms with Gasteiger partial charge in [0.05, 0.1) is 18.9 Å². The van der Waals surface area contributed by atoms with Crippen LogP contribution in [0.1, 0.15) is 16.9 Å². The van der Waals surface area contributed by atoms with Crippen molar-refractivity contribution in [2.24, 2.45) is 5.92 Å². The van der Waals surface area contributed by atoms with Gasteiger partial charge in [-0.15, -0.1) is 0 Å². The Hall–Kier alpha value is -3.19. The minimum atomic E-state index is -0.348. The summed E-state index contributed by atoms with van der Waals surface area (Å²) >= 11 is 0. The Morgan fingerprint density at radius 3 is 3.00 bits per heavy atom. The van der Waals surface area contributed by atoms with E-state index in [0.29, 0.717) is 29.8 Å². The number of nitrogens with two attached hydrogens (primary N) is 1. The lowest BCUT2D eigenvalue weighted by Crippen LogP contribution is -2.15. The highest BCUT2D eigenvalue weighted by atomic mass is 16.5. The van der Waals surface area contributed by atoms with Crippen molar-refractivity contribution in [3.05, 3.63) is 54.5 Å². The van der Waals surface area contributed by atoms with Gasteiger partial charge in [0, 0.05) is 36.0 Å². The van der Waals surface area contributed by atoms with E-state index in [-0.39, 0.29) is 11.6 Å². The number of fused-ring (bicyclic) bond motifs is 1. The highest BCUT2D eigenvalue weighted by molar-refractivity contribution is 6.07. The Morgan fingerprint density at radius 2 is 2.19 bits per heavy atom. The summed E-state index contributed by atoms with van der Waals surface area (Å²) in [6.07, 6.45) is 4.25. The van der Waals surface area contributed by atoms with E-state index in [1.54, 1.807) is 18.3 Å². The van der Waals surface area contributed by atoms with Crippen LogP contribution in [0.25, 0.3) is 10.8 Å². The molecule has 0 aliphatic carbocycles. The summed E-state index contributed by atoms with van der Waals surface area (Å²) < 4.78 is 11.3. The largest absolute Gasteiger partial charge is 0.477 e. The van der Waals surface area contributed by atoms with Gasteiger partial charge in [-0.3, -0.25) is 4.79 Å². The highest BCUT2D eigenvalue weighted by Gasteiger charge is 2.17. The number of benzene rings is 1. The Kier molecular flexibility index (Phi) is 4.84. The topological polar surface area (TPSA) is 99.4 Å². The predicted molar refractivity (Wildman–Crippen MR) is 103 cm³/mol. The van der Waals surface area contributed by atoms with Crippen LogP contribution in [0.3, 0.4) is 0 Å². The first kappa shape index (κ1) is 17.2. The molecule has 0 bridgehead atoms. The fraction of sp³-hybridized carbons (Fsp3) is 0.250. The Labute approximate surface area is 156 Å². The fourth-order valence-corrected chi connectivity index (χ4v) is 3.05. The zero-order valence-corrected chi connectivity index (χ0v) is 14.7. The summed E-state index contributed by atoms with van der Waals surface area (Å²) in [6.45, 7) is 2.11. The molecule has 1 aromatic carbocycles. The lowest BCUT2D eigenvalue weighted by molar-refractivity contribution is 0.102. The third-order valence-corrected chi connectivity index (χ3v) is 4.52. The summed E-state index contributed by atoms with van der Waals surface area (Å²) in [6, 6.07) is 10.8. The predicted octanol–water partition coefficient (Wildman–Crippen LogP) is 2.88. The normalized spacial score (nSPS) is 16.4. The summed E-state index contributed by atoms with van der Waals surface area (Å²) in [4.78, 5) is 20.8. The first-order valence-electron chi connectivity index (χ1n) is 8.82. The molecular formula is C20H20N4O3. The van der Waals surface area contributed by atoms with E-state index in [9.17, 15) is 4.79 Å². The fourth-order valence-electron chi connectivity index (χ4n) is 3.05. The molecule has 7 nitrogen and oxygen atoms in total. The van der Waals surface area contributed by atoms with Gasteiger partial charge in [0.25, 0.3) is 5.91 Å². The number of nitrogen functional groups attached to an aromatic ring is 1. The molecule has 1 amide bonds. The summed E-state index contributed by atoms with van der Waals surface area (Å²) in [5, 5.41) is 4.65. The molecule has 7 heteroatoms. The van der Waals surface area contributed by atoms with Gasteiger partial charge >= 0.3 is 0 Å². The second-order valence-electron chi connectivity index (χ2n) is 6.49. The zero-order chi connectivity index (χ0) is 18.6. The van der Waals surface area contributed by atoms with Crippen molar-refractivity contribution in [2.75, 3.05) is 30.9 Å². The Bertz CT molecular complexity index is 970. The number of pyridine rings is 2. The van der Waals surface area contributed by atoms with Crippen molar-refractivity contribution < 1.29 is 14.3 Å². The maximum absolute atomic E-state index is 12.4. The maximum atomic E-state index is 12.4. The maximum Gasteiger partial charge on any atom is 0.276 e. The number of carbonyl (C=O) groups is 1. The van der Waals surface area contributed by atoms with Crippen LogP contribution >= 0.6 is 0 Å². The molecule has 1 saturated heterocycles. The molecule has 0 spiro atoms. The number of hydrogen-bond donors (Lipinski definition) is 2. The molecule has 0 radical (unpaired) electrons. The first-order valence-corrected chi connectivity index (χ1v) is 8.82. The summed E-state index contributed by atoms with van der Waals surface area (Å²) in [5.41, 5.74) is 7.01. The monoisotopic (exact) mass is 364 g/mol. The quantitative estimate of drug-likeness (QED) is 0.722. The van der Waals surface area contributed by atoms with Crippen LogP contribution in [0.5, 0.6) is 5.88 Å². The van der Waals surface area contributed by atoms with E-state index < -0.39 is 0 Å². The second kappa shape index (κ2) is 7.59. The van der Waals surface area contributed by atoms with E-state index in [2.05, 4.69) is 15.3 Å². The standard InChI is InChI=1S/C20H20N4O3/c21-17-2-1-7-22-18(17)19(25)24-15-3-4-16-14(10-15)5-8-23-20(16)27-12-13-6-9-26-11-13/h1-5,7-8,10,13H,6,9,11-12,21H2,(H,24,25)/t13-/m1/s1. The van der Waals surface area contributed by atoms with Crippen LogP contribution in [0, 0.1) is 5.92 Å². The van der Waals surface area contributed by atoms with Crippen molar-refractivity contribution in [1.82, 2.24) is 9.97 Å². The van der Waals surface area contributed by atoms with Gasteiger partial charge in [0.1, 0.15) is 0 Å². The van der Waals surface area contributed by atoms with E-state index >= 15 is 0 Å². The van der Waals surface area contributed by atoms with Crippen molar-refractivity contribution in [3.8, 4) is 5.88 Å². The molecule has 3 N–H and O–H groups in total. The molecule has 1 atom stereocenters. The summed E-state index contributed by atoms with van der Waals surface area (Å²) in [5.74, 6) is 0.648. The molecule has 1 aliphatic heterocycles. The number of aromatic nitrogens is 2. The van der Waals surface area contributed by atoms with Gasteiger partial charge < -0.3 is 20.5 Å². The van der Waals surface area contributed by atoms with E-state index in [4.69, 9.17) is 15.2 Å². The van der Waals surface area contributed by atoms with Gasteiger partial charge in [-0.25, -0.2) is 9.97 Å². The van der Waals surface area contributed by atoms with Gasteiger partial charge in [-0.1, -0.05) is 0 Å². The molecule has 0 unspecified atom stereocenters. The Morgan fingerprint density at radius 1 is 1.26 bits per heavy atom. The molecule has 0 saturated carbocycles. The SMILES string of the molecule is Nc1cccnc1C(=O)Nc1ccc2c(OC[C@@H]3CCOC3)nccc2c1. The Balaban J connectivity index is 1.52. The molecule has 4 rings (SSSR count). The average molecular weight is 364 g/mol. The molecule has 138 valence electrons. The minimum Gasteiger partial charge on any atom is -0.477 e. The van der Waals surface area contributed by atoms with E-state index in [1.807, 2.05) is 24.3 Å². The van der Waals surface area contributed by atoms with Crippen LogP contribution < -0.4 is 15.8 Å². The van der Waals surface area contributed by atoms with Crippen LogP contribution in [0.2, 0.25) is 0 Å². The van der Waals surface area contributed by atoms with Gasteiger partial charge in [-0.05, 0) is 48.2 Å². The van der Waals surface area contributed by atoms with E-state index in [1.165, 1.54) is 6.20 Å². The molecule has 1 fully saturated rings. The molecule has 27 heavy (non-hydrogen) atoms. The lowest BCUT2D eigenvalue weighted by Gasteiger charge is -2.12. The first-order chi connectivity index (χ1) is 13.2. The van der Waals surface area contributed by atoms with Crippen LogP contribution in [0.4, 0.5) is 11.4 Å². The van der Waals surface area contributed by atoms with Crippen molar-refractivity contribution in [2.45, 2.75) is 6.42 Å². The number of nitrogens with zero attached hydrogens (tertiary/aromatic N) is 2. The average Bonchev–Trinajstić information content (AvgIpc) is 3.20. The van der Waals surface area contributed by atoms with Crippen molar-refractivity contribution >= 4 is 28.1 Å². The number of nitrogens with one attached hydrogen (secondary N) is 1. The summed E-state index contributed by atoms with van der Waals surface area (Å²) in [7, 11) is 0. The van der Waals surface area contributed by atoms with Gasteiger partial charge in [-0.2, -0.15) is 0 Å². The number of amides is 1. The molecule has 2 aromatic heterocycles. The number of rotatable bonds is 5. The third kappa shape index (κ3) is 3.83. The van der Waals surface area contributed by atoms with Crippen molar-refractivity contribution in [3.63, 3.8) is 0 Å². The van der Waals surface area contributed by atoms with Gasteiger partial charge in [0.15, 0.2) is 5.69 Å². The third-order valence-electron chi connectivity index (χ3n) is 4.52. The lowest BCUT2D eigenvalue weighted by atomic mass is 10.1. The molecule has 1 aliphatic rings. The van der Waals surface area contributed by atoms with Crippen LogP contribution in [0.15, 0.2) is 48.8 Å². The smallest absolute Gasteiger partial charge is 0.276 e. The number of hydrogen-bond acceptors (Lipinski definition) is 6. The van der Waals surface area contributed by atoms with Crippen molar-refractivity contribution in [1.29, 1.82) is 0 Å². The minimum absolute atomic E-state index is 0.204. The second-order valence-corrected chi connectivity index (χ2v) is 6.49. The number of anilines is 2. The zero-order valence-electron chi connectivity index (χ0n) is 14.7. The number of carbonyl (C=O) groups excluding carboxylic acids is 1. The highest BCUT2D eigenvalue weighted by Crippen LogP contribution is 2.27. The van der Waals surface area contributed by atoms with Crippen LogP contribution in [-0.4, -0.2) is 35.7 Å². The van der Waals surface area contributed by atoms with Gasteiger partial charge in [0.2, 0.25) is 5.88 Å².